The van der Waals surface area contributed by atoms with E-state index in [1.165, 1.54) is 0 Å². The average molecular weight is 332 g/mol. The minimum absolute atomic E-state index is 0.288. The molecule has 4 heteroatoms. The van der Waals surface area contributed by atoms with Crippen LogP contribution in [0.15, 0.2) is 77.9 Å². The monoisotopic (exact) mass is 332 g/mol. The first-order valence-corrected chi connectivity index (χ1v) is 8.18. The first kappa shape index (κ1) is 16.7. The van der Waals surface area contributed by atoms with Gasteiger partial charge in [-0.3, -0.25) is 4.79 Å². The fraction of sp³-hybridized carbons (Fsp3) is 0.143. The van der Waals surface area contributed by atoms with E-state index in [1.54, 1.807) is 6.92 Å². The first-order chi connectivity index (χ1) is 12.1. The Hall–Kier alpha value is -3.14. The van der Waals surface area contributed by atoms with Crippen molar-refractivity contribution in [2.75, 3.05) is 0 Å². The smallest absolute Gasteiger partial charge is 0.280 e. The van der Waals surface area contributed by atoms with Crippen molar-refractivity contribution in [2.45, 2.75) is 20.0 Å². The average Bonchev–Trinajstić information content (AvgIpc) is 2.66. The Balaban J connectivity index is 1.63. The van der Waals surface area contributed by atoms with Gasteiger partial charge in [0.25, 0.3) is 5.91 Å². The number of ether oxygens (including phenoxy) is 1. The maximum absolute atomic E-state index is 12.2. The highest BCUT2D eigenvalue weighted by molar-refractivity contribution is 5.99. The SMILES string of the molecule is C/C(=N\NC(=O)[C@@H](C)Oc1ccc2ccccc2c1)c1ccccc1. The third-order valence-corrected chi connectivity index (χ3v) is 3.93. The van der Waals surface area contributed by atoms with Gasteiger partial charge in [-0.15, -0.1) is 0 Å². The summed E-state index contributed by atoms with van der Waals surface area (Å²) in [5, 5.41) is 6.35. The molecule has 0 spiro atoms. The van der Waals surface area contributed by atoms with Crippen molar-refractivity contribution < 1.29 is 9.53 Å². The van der Waals surface area contributed by atoms with Crippen LogP contribution in [0.4, 0.5) is 0 Å². The summed E-state index contributed by atoms with van der Waals surface area (Å²) in [5.74, 6) is 0.369. The molecule has 0 aliphatic heterocycles. The van der Waals surface area contributed by atoms with Crippen molar-refractivity contribution in [3.8, 4) is 5.75 Å². The molecule has 3 aromatic carbocycles. The second-order valence-corrected chi connectivity index (χ2v) is 5.81. The molecule has 0 saturated carbocycles. The van der Waals surface area contributed by atoms with E-state index in [1.807, 2.05) is 79.7 Å². The lowest BCUT2D eigenvalue weighted by Crippen LogP contribution is -2.33. The molecule has 0 aliphatic rings. The molecule has 126 valence electrons. The molecule has 0 radical (unpaired) electrons. The van der Waals surface area contributed by atoms with Crippen molar-refractivity contribution >= 4 is 22.4 Å². The normalized spacial score (nSPS) is 12.6. The number of fused-ring (bicyclic) bond motifs is 1. The number of carbonyl (C=O) groups is 1. The molecule has 0 bridgehead atoms. The Bertz CT molecular complexity index is 904. The van der Waals surface area contributed by atoms with Crippen LogP contribution < -0.4 is 10.2 Å². The molecule has 0 fully saturated rings. The van der Waals surface area contributed by atoms with Crippen molar-refractivity contribution in [3.05, 3.63) is 78.4 Å². The molecule has 0 aromatic heterocycles. The predicted octanol–water partition coefficient (Wildman–Crippen LogP) is 4.15. The lowest BCUT2D eigenvalue weighted by atomic mass is 10.1. The van der Waals surface area contributed by atoms with Crippen molar-refractivity contribution in [1.82, 2.24) is 5.43 Å². The van der Waals surface area contributed by atoms with Gasteiger partial charge in [0, 0.05) is 0 Å². The third kappa shape index (κ3) is 4.23. The van der Waals surface area contributed by atoms with Gasteiger partial charge in [-0.1, -0.05) is 60.7 Å². The molecule has 25 heavy (non-hydrogen) atoms. The standard InChI is InChI=1S/C21H20N2O2/c1-15(17-8-4-3-5-9-17)22-23-21(24)16(2)25-20-13-12-18-10-6-7-11-19(18)14-20/h3-14,16H,1-2H3,(H,23,24)/b22-15+/t16-/m1/s1. The van der Waals surface area contributed by atoms with Crippen LogP contribution in [-0.4, -0.2) is 17.7 Å². The Morgan fingerprint density at radius 3 is 2.40 bits per heavy atom. The predicted molar refractivity (Wildman–Crippen MR) is 101 cm³/mol. The molecule has 0 saturated heterocycles. The lowest BCUT2D eigenvalue weighted by Gasteiger charge is -2.14. The van der Waals surface area contributed by atoms with E-state index in [9.17, 15) is 4.79 Å². The number of hydrazone groups is 1. The van der Waals surface area contributed by atoms with Crippen LogP contribution in [0.5, 0.6) is 5.75 Å². The molecular formula is C21H20N2O2. The van der Waals surface area contributed by atoms with Crippen LogP contribution >= 0.6 is 0 Å². The molecule has 0 aliphatic carbocycles. The van der Waals surface area contributed by atoms with Crippen LogP contribution in [0, 0.1) is 0 Å². The fourth-order valence-corrected chi connectivity index (χ4v) is 2.47. The molecule has 1 amide bonds. The zero-order valence-electron chi connectivity index (χ0n) is 14.3. The van der Waals surface area contributed by atoms with Gasteiger partial charge < -0.3 is 4.74 Å². The summed E-state index contributed by atoms with van der Waals surface area (Å²) in [6, 6.07) is 23.5. The minimum Gasteiger partial charge on any atom is -0.481 e. The molecule has 0 unspecified atom stereocenters. The maximum atomic E-state index is 12.2. The molecule has 4 nitrogen and oxygen atoms in total. The molecule has 3 rings (SSSR count). The number of hydrogen-bond acceptors (Lipinski definition) is 3. The van der Waals surface area contributed by atoms with Gasteiger partial charge in [0.2, 0.25) is 0 Å². The second kappa shape index (κ2) is 7.62. The van der Waals surface area contributed by atoms with Crippen LogP contribution in [0.3, 0.4) is 0 Å². The van der Waals surface area contributed by atoms with E-state index in [-0.39, 0.29) is 5.91 Å². The molecule has 0 heterocycles. The van der Waals surface area contributed by atoms with E-state index in [0.29, 0.717) is 5.75 Å². The largest absolute Gasteiger partial charge is 0.481 e. The van der Waals surface area contributed by atoms with Gasteiger partial charge >= 0.3 is 0 Å². The molecule has 3 aromatic rings. The topological polar surface area (TPSA) is 50.7 Å². The van der Waals surface area contributed by atoms with E-state index in [0.717, 1.165) is 22.0 Å². The highest BCUT2D eigenvalue weighted by Gasteiger charge is 2.14. The van der Waals surface area contributed by atoms with E-state index in [4.69, 9.17) is 4.74 Å². The van der Waals surface area contributed by atoms with Gasteiger partial charge in [-0.05, 0) is 42.3 Å². The van der Waals surface area contributed by atoms with Gasteiger partial charge in [0.15, 0.2) is 6.10 Å². The minimum atomic E-state index is -0.645. The lowest BCUT2D eigenvalue weighted by molar-refractivity contribution is -0.127. The number of nitrogens with zero attached hydrogens (tertiary/aromatic N) is 1. The molecule has 1 atom stereocenters. The summed E-state index contributed by atoms with van der Waals surface area (Å²) in [7, 11) is 0. The number of hydrogen-bond donors (Lipinski definition) is 1. The van der Waals surface area contributed by atoms with Crippen LogP contribution in [-0.2, 0) is 4.79 Å². The van der Waals surface area contributed by atoms with Crippen LogP contribution in [0.1, 0.15) is 19.4 Å². The highest BCUT2D eigenvalue weighted by Crippen LogP contribution is 2.21. The van der Waals surface area contributed by atoms with Crippen LogP contribution in [0.25, 0.3) is 10.8 Å². The van der Waals surface area contributed by atoms with Gasteiger partial charge in [0.1, 0.15) is 5.75 Å². The Morgan fingerprint density at radius 1 is 0.960 bits per heavy atom. The van der Waals surface area contributed by atoms with Crippen molar-refractivity contribution in [1.29, 1.82) is 0 Å². The summed E-state index contributed by atoms with van der Waals surface area (Å²) in [6.07, 6.45) is -0.645. The zero-order chi connectivity index (χ0) is 17.6. The number of benzene rings is 3. The number of nitrogens with one attached hydrogen (secondary N) is 1. The van der Waals surface area contributed by atoms with Crippen molar-refractivity contribution in [2.24, 2.45) is 5.10 Å². The number of amides is 1. The molecular weight excluding hydrogens is 312 g/mol. The first-order valence-electron chi connectivity index (χ1n) is 8.18. The van der Waals surface area contributed by atoms with E-state index in [2.05, 4.69) is 10.5 Å². The quantitative estimate of drug-likeness (QED) is 0.564. The summed E-state index contributed by atoms with van der Waals surface area (Å²) >= 11 is 0. The number of carbonyl (C=O) groups excluding carboxylic acids is 1. The summed E-state index contributed by atoms with van der Waals surface area (Å²) < 4.78 is 5.74. The van der Waals surface area contributed by atoms with E-state index >= 15 is 0 Å². The second-order valence-electron chi connectivity index (χ2n) is 5.81. The summed E-state index contributed by atoms with van der Waals surface area (Å²) in [4.78, 5) is 12.2. The Morgan fingerprint density at radius 2 is 1.64 bits per heavy atom. The highest BCUT2D eigenvalue weighted by atomic mass is 16.5. The number of rotatable bonds is 5. The molecule has 1 N–H and O–H groups in total. The summed E-state index contributed by atoms with van der Waals surface area (Å²) in [6.45, 7) is 3.56. The zero-order valence-corrected chi connectivity index (χ0v) is 14.3. The fourth-order valence-electron chi connectivity index (χ4n) is 2.47. The van der Waals surface area contributed by atoms with Gasteiger partial charge in [-0.25, -0.2) is 5.43 Å². The Kier molecular flexibility index (Phi) is 5.09. The van der Waals surface area contributed by atoms with Gasteiger partial charge in [-0.2, -0.15) is 5.10 Å². The Labute approximate surface area is 147 Å². The van der Waals surface area contributed by atoms with E-state index < -0.39 is 6.10 Å². The third-order valence-electron chi connectivity index (χ3n) is 3.93. The van der Waals surface area contributed by atoms with Crippen LogP contribution in [0.2, 0.25) is 0 Å². The van der Waals surface area contributed by atoms with Gasteiger partial charge in [0.05, 0.1) is 5.71 Å². The maximum Gasteiger partial charge on any atom is 0.280 e. The summed E-state index contributed by atoms with van der Waals surface area (Å²) in [5.41, 5.74) is 4.27. The van der Waals surface area contributed by atoms with Crippen molar-refractivity contribution in [3.63, 3.8) is 0 Å².